The zero-order valence-corrected chi connectivity index (χ0v) is 18.1. The number of anilines is 2. The van der Waals surface area contributed by atoms with Gasteiger partial charge in [-0.25, -0.2) is 14.8 Å². The lowest BCUT2D eigenvalue weighted by Crippen LogP contribution is -2.21. The smallest absolute Gasteiger partial charge is 0.422 e. The molecule has 14 heteroatoms. The van der Waals surface area contributed by atoms with E-state index in [1.807, 2.05) is 0 Å². The Morgan fingerprint density at radius 3 is 2.20 bits per heavy atom. The summed E-state index contributed by atoms with van der Waals surface area (Å²) in [6.45, 7) is -3.26. The molecular weight excluding hydrogens is 506 g/mol. The summed E-state index contributed by atoms with van der Waals surface area (Å²) in [6.07, 6.45) is -8.10. The molecule has 0 unspecified atom stereocenters. The summed E-state index contributed by atoms with van der Waals surface area (Å²) in [5, 5.41) is 5.30. The van der Waals surface area contributed by atoms with Crippen LogP contribution in [0, 0.1) is 0 Å². The number of ether oxygens (including phenoxy) is 2. The molecule has 3 rings (SSSR count). The van der Waals surface area contributed by atoms with E-state index in [1.54, 1.807) is 12.1 Å². The molecule has 0 saturated carbocycles. The zero-order valence-electron chi connectivity index (χ0n) is 17.4. The van der Waals surface area contributed by atoms with Crippen LogP contribution in [0.1, 0.15) is 0 Å². The number of benzene rings is 2. The molecule has 0 aliphatic carbocycles. The minimum absolute atomic E-state index is 0.0450. The summed E-state index contributed by atoms with van der Waals surface area (Å²) in [5.74, 6) is -0.848. The highest BCUT2D eigenvalue weighted by atomic mass is 35.5. The lowest BCUT2D eigenvalue weighted by Gasteiger charge is -2.15. The second-order valence-corrected chi connectivity index (χ2v) is 7.25. The molecule has 1 aromatic heterocycles. The zero-order chi connectivity index (χ0) is 25.6. The van der Waals surface area contributed by atoms with Crippen LogP contribution in [0.5, 0.6) is 11.5 Å². The molecule has 0 aliphatic rings. The van der Waals surface area contributed by atoms with E-state index in [0.717, 1.165) is 18.2 Å². The van der Waals surface area contributed by atoms with Crippen LogP contribution < -0.4 is 20.1 Å². The molecule has 0 bridgehead atoms. The fourth-order valence-electron chi connectivity index (χ4n) is 2.62. The average molecular weight is 521 g/mol. The molecule has 0 fully saturated rings. The summed E-state index contributed by atoms with van der Waals surface area (Å²) >= 11 is 5.78. The van der Waals surface area contributed by atoms with Crippen LogP contribution in [0.25, 0.3) is 11.3 Å². The molecule has 0 spiro atoms. The van der Waals surface area contributed by atoms with Crippen LogP contribution in [-0.4, -0.2) is 41.6 Å². The van der Waals surface area contributed by atoms with E-state index < -0.39 is 31.6 Å². The maximum Gasteiger partial charge on any atom is 0.422 e. The summed E-state index contributed by atoms with van der Waals surface area (Å²) in [4.78, 5) is 20.1. The van der Waals surface area contributed by atoms with Crippen molar-refractivity contribution in [3.63, 3.8) is 0 Å². The van der Waals surface area contributed by atoms with Gasteiger partial charge in [0.25, 0.3) is 0 Å². The molecule has 186 valence electrons. The van der Waals surface area contributed by atoms with Crippen LogP contribution in [0.3, 0.4) is 0 Å². The summed E-state index contributed by atoms with van der Waals surface area (Å²) in [6, 6.07) is 9.79. The molecular formula is C21H15ClF6N4O3. The van der Waals surface area contributed by atoms with Gasteiger partial charge in [-0.2, -0.15) is 26.3 Å². The van der Waals surface area contributed by atoms with Crippen molar-refractivity contribution in [1.29, 1.82) is 0 Å². The van der Waals surface area contributed by atoms with Crippen molar-refractivity contribution in [2.45, 2.75) is 12.4 Å². The van der Waals surface area contributed by atoms with Crippen LogP contribution in [0.15, 0.2) is 54.7 Å². The van der Waals surface area contributed by atoms with E-state index in [1.165, 1.54) is 24.4 Å². The number of halogens is 7. The van der Waals surface area contributed by atoms with Crippen molar-refractivity contribution in [2.24, 2.45) is 0 Å². The summed E-state index contributed by atoms with van der Waals surface area (Å²) < 4.78 is 84.9. The number of nitrogens with one attached hydrogen (secondary N) is 2. The number of hydrogen-bond acceptors (Lipinski definition) is 5. The van der Waals surface area contributed by atoms with Crippen LogP contribution in [0.2, 0.25) is 5.02 Å². The van der Waals surface area contributed by atoms with E-state index in [0.29, 0.717) is 10.7 Å². The Kier molecular flexibility index (Phi) is 7.89. The topological polar surface area (TPSA) is 85.4 Å². The van der Waals surface area contributed by atoms with Gasteiger partial charge in [0, 0.05) is 22.5 Å². The van der Waals surface area contributed by atoms with Gasteiger partial charge in [0.05, 0.1) is 5.69 Å². The van der Waals surface area contributed by atoms with Crippen molar-refractivity contribution in [2.75, 3.05) is 23.8 Å². The largest absolute Gasteiger partial charge is 0.484 e. The van der Waals surface area contributed by atoms with Gasteiger partial charge in [-0.3, -0.25) is 5.32 Å². The summed E-state index contributed by atoms with van der Waals surface area (Å²) in [7, 11) is 0. The van der Waals surface area contributed by atoms with Crippen LogP contribution in [-0.2, 0) is 0 Å². The number of nitrogens with zero attached hydrogens (tertiary/aromatic N) is 2. The monoisotopic (exact) mass is 520 g/mol. The number of alkyl halides is 6. The molecule has 0 radical (unpaired) electrons. The molecule has 3 aromatic rings. The minimum Gasteiger partial charge on any atom is -0.484 e. The van der Waals surface area contributed by atoms with Gasteiger partial charge in [-0.1, -0.05) is 11.6 Å². The molecule has 2 amide bonds. The van der Waals surface area contributed by atoms with E-state index in [2.05, 4.69) is 25.3 Å². The van der Waals surface area contributed by atoms with Gasteiger partial charge >= 0.3 is 18.4 Å². The number of carbonyl (C=O) groups excluding carboxylic acids is 1. The first-order chi connectivity index (χ1) is 16.4. The van der Waals surface area contributed by atoms with Gasteiger partial charge in [-0.15, -0.1) is 0 Å². The Hall–Kier alpha value is -3.74. The molecule has 7 nitrogen and oxygen atoms in total. The lowest BCUT2D eigenvalue weighted by molar-refractivity contribution is -0.154. The maximum absolute atomic E-state index is 12.7. The number of amides is 2. The third-order valence-electron chi connectivity index (χ3n) is 4.00. The molecule has 2 N–H and O–H groups in total. The van der Waals surface area contributed by atoms with Gasteiger partial charge in [0.15, 0.2) is 13.2 Å². The quantitative estimate of drug-likeness (QED) is 0.356. The minimum atomic E-state index is -4.67. The first-order valence-electron chi connectivity index (χ1n) is 9.58. The van der Waals surface area contributed by atoms with Crippen molar-refractivity contribution in [3.05, 3.63) is 59.8 Å². The number of rotatable bonds is 7. The van der Waals surface area contributed by atoms with Crippen molar-refractivity contribution < 1.29 is 40.6 Å². The standard InChI is InChI=1S/C21H15ClF6N4O3/c22-12-1-3-13(4-2-12)30-19(33)32-18-29-8-7-16(31-18)15-9-14(34-10-20(23,24)25)5-6-17(15)35-11-21(26,27)28/h1-9H,10-11H2,(H2,29,30,31,32,33). The van der Waals surface area contributed by atoms with Gasteiger partial charge in [0.2, 0.25) is 5.95 Å². The van der Waals surface area contributed by atoms with Gasteiger partial charge in [-0.05, 0) is 48.5 Å². The number of urea groups is 1. The number of carbonyl (C=O) groups is 1. The molecule has 2 aromatic carbocycles. The van der Waals surface area contributed by atoms with E-state index in [4.69, 9.17) is 16.3 Å². The molecule has 35 heavy (non-hydrogen) atoms. The fourth-order valence-corrected chi connectivity index (χ4v) is 2.74. The third-order valence-corrected chi connectivity index (χ3v) is 4.26. The molecule has 0 saturated heterocycles. The number of hydrogen-bond donors (Lipinski definition) is 2. The van der Waals surface area contributed by atoms with E-state index in [-0.39, 0.29) is 28.7 Å². The first kappa shape index (κ1) is 25.9. The second kappa shape index (κ2) is 10.7. The first-order valence-corrected chi connectivity index (χ1v) is 9.96. The number of aromatic nitrogens is 2. The van der Waals surface area contributed by atoms with Crippen molar-refractivity contribution in [1.82, 2.24) is 9.97 Å². The molecule has 0 aliphatic heterocycles. The van der Waals surface area contributed by atoms with E-state index in [9.17, 15) is 31.1 Å². The second-order valence-electron chi connectivity index (χ2n) is 6.82. The Labute approximate surface area is 199 Å². The Balaban J connectivity index is 1.84. The normalized spacial score (nSPS) is 11.6. The predicted octanol–water partition coefficient (Wildman–Crippen LogP) is 6.32. The average Bonchev–Trinajstić information content (AvgIpc) is 2.77. The van der Waals surface area contributed by atoms with Gasteiger partial charge in [0.1, 0.15) is 11.5 Å². The fraction of sp³-hybridized carbons (Fsp3) is 0.190. The van der Waals surface area contributed by atoms with Crippen molar-refractivity contribution >= 4 is 29.3 Å². The SMILES string of the molecule is O=C(Nc1ccc(Cl)cc1)Nc1nccc(-c2cc(OCC(F)(F)F)ccc2OCC(F)(F)F)n1. The van der Waals surface area contributed by atoms with E-state index >= 15 is 0 Å². The summed E-state index contributed by atoms with van der Waals surface area (Å²) in [5.41, 5.74) is 0.245. The molecule has 1 heterocycles. The van der Waals surface area contributed by atoms with Crippen LogP contribution in [0.4, 0.5) is 42.8 Å². The Bertz CT molecular complexity index is 1170. The van der Waals surface area contributed by atoms with Crippen LogP contribution >= 0.6 is 11.6 Å². The maximum atomic E-state index is 12.7. The highest BCUT2D eigenvalue weighted by molar-refractivity contribution is 6.30. The molecule has 0 atom stereocenters. The predicted molar refractivity (Wildman–Crippen MR) is 115 cm³/mol. The Morgan fingerprint density at radius 1 is 0.886 bits per heavy atom. The highest BCUT2D eigenvalue weighted by Gasteiger charge is 2.30. The third kappa shape index (κ3) is 8.52. The van der Waals surface area contributed by atoms with Crippen molar-refractivity contribution in [3.8, 4) is 22.8 Å². The Morgan fingerprint density at radius 2 is 1.54 bits per heavy atom. The van der Waals surface area contributed by atoms with Gasteiger partial charge < -0.3 is 14.8 Å². The highest BCUT2D eigenvalue weighted by Crippen LogP contribution is 2.34. The lowest BCUT2D eigenvalue weighted by atomic mass is 10.1.